The van der Waals surface area contributed by atoms with Gasteiger partial charge in [0.25, 0.3) is 0 Å². The number of hydrogen-bond acceptors (Lipinski definition) is 6. The average Bonchev–Trinajstić information content (AvgIpc) is 3.58. The van der Waals surface area contributed by atoms with Gasteiger partial charge in [0.2, 0.25) is 0 Å². The van der Waals surface area contributed by atoms with Gasteiger partial charge in [-0.25, -0.2) is 9.78 Å². The van der Waals surface area contributed by atoms with Gasteiger partial charge in [0.05, 0.1) is 27.6 Å². The van der Waals surface area contributed by atoms with Gasteiger partial charge >= 0.3 is 6.09 Å². The molecule has 2 saturated heterocycles. The van der Waals surface area contributed by atoms with Crippen molar-refractivity contribution in [3.63, 3.8) is 0 Å². The van der Waals surface area contributed by atoms with Gasteiger partial charge in [-0.1, -0.05) is 42.5 Å². The number of anilines is 2. The van der Waals surface area contributed by atoms with Crippen LogP contribution in [-0.2, 0) is 4.74 Å². The maximum absolute atomic E-state index is 12.5. The summed E-state index contributed by atoms with van der Waals surface area (Å²) in [4.78, 5) is 25.6. The highest BCUT2D eigenvalue weighted by molar-refractivity contribution is 7.19. The molecule has 2 aromatic heterocycles. The summed E-state index contributed by atoms with van der Waals surface area (Å²) in [5.74, 6) is 0. The number of pyridine rings is 1. The van der Waals surface area contributed by atoms with Gasteiger partial charge in [-0.2, -0.15) is 0 Å². The molecule has 2 aliphatic heterocycles. The minimum Gasteiger partial charge on any atom is -0.444 e. The number of rotatable bonds is 4. The predicted molar refractivity (Wildman–Crippen MR) is 166 cm³/mol. The molecule has 6 nitrogen and oxygen atoms in total. The maximum Gasteiger partial charge on any atom is 0.410 e. The summed E-state index contributed by atoms with van der Waals surface area (Å²) in [6, 6.07) is 24.6. The van der Waals surface area contributed by atoms with Crippen LogP contribution in [0.3, 0.4) is 0 Å². The van der Waals surface area contributed by atoms with E-state index in [-0.39, 0.29) is 6.09 Å². The first-order chi connectivity index (χ1) is 19.2. The molecule has 0 saturated carbocycles. The number of aromatic nitrogens is 1. The lowest BCUT2D eigenvalue weighted by atomic mass is 10.0. The molecule has 0 bridgehead atoms. The van der Waals surface area contributed by atoms with Crippen LogP contribution >= 0.6 is 11.3 Å². The van der Waals surface area contributed by atoms with E-state index in [9.17, 15) is 4.79 Å². The van der Waals surface area contributed by atoms with Crippen LogP contribution in [0.5, 0.6) is 0 Å². The maximum atomic E-state index is 12.5. The number of carbonyl (C=O) groups is 1. The number of thiophene rings is 1. The van der Waals surface area contributed by atoms with Gasteiger partial charge in [0.15, 0.2) is 0 Å². The first kappa shape index (κ1) is 26.6. The Morgan fingerprint density at radius 3 is 2.38 bits per heavy atom. The Labute approximate surface area is 241 Å². The Kier molecular flexibility index (Phi) is 7.17. The standard InChI is InChI=1S/C33H38N4O2S/c1-23-21-28-31(40-23)30(37-16-8-11-29(37)25-9-6-5-7-10-25)22-27(34-28)24-12-14-26(15-13-24)35-17-19-36(20-18-35)32(38)39-33(2,3)4/h5-7,9-10,12-15,21-22,29H,8,11,16-20H2,1-4H3. The van der Waals surface area contributed by atoms with Crippen molar-refractivity contribution in [1.29, 1.82) is 0 Å². The number of nitrogens with zero attached hydrogens (tertiary/aromatic N) is 4. The third kappa shape index (κ3) is 5.52. The second-order valence-corrected chi connectivity index (χ2v) is 13.1. The van der Waals surface area contributed by atoms with Crippen LogP contribution in [0.1, 0.15) is 50.1 Å². The molecule has 4 heterocycles. The molecule has 208 valence electrons. The van der Waals surface area contributed by atoms with E-state index in [1.807, 2.05) is 32.1 Å². The molecule has 1 atom stereocenters. The normalized spacial score (nSPS) is 18.0. The van der Waals surface area contributed by atoms with Gasteiger partial charge < -0.3 is 19.4 Å². The van der Waals surface area contributed by atoms with Crippen molar-refractivity contribution >= 4 is 39.0 Å². The van der Waals surface area contributed by atoms with Crippen molar-refractivity contribution < 1.29 is 9.53 Å². The van der Waals surface area contributed by atoms with Crippen molar-refractivity contribution in [3.8, 4) is 11.3 Å². The van der Waals surface area contributed by atoms with E-state index < -0.39 is 5.60 Å². The van der Waals surface area contributed by atoms with Crippen LogP contribution in [0.2, 0.25) is 0 Å². The van der Waals surface area contributed by atoms with E-state index in [2.05, 4.69) is 83.5 Å². The summed E-state index contributed by atoms with van der Waals surface area (Å²) >= 11 is 1.85. The molecule has 1 unspecified atom stereocenters. The highest BCUT2D eigenvalue weighted by Gasteiger charge is 2.29. The van der Waals surface area contributed by atoms with E-state index in [0.717, 1.165) is 36.4 Å². The summed E-state index contributed by atoms with van der Waals surface area (Å²) in [5, 5.41) is 0. The minimum atomic E-state index is -0.472. The number of aryl methyl sites for hydroxylation is 1. The fourth-order valence-corrected chi connectivity index (χ4v) is 6.86. The smallest absolute Gasteiger partial charge is 0.410 e. The number of carbonyl (C=O) groups excluding carboxylic acids is 1. The number of piperazine rings is 1. The molecule has 40 heavy (non-hydrogen) atoms. The van der Waals surface area contributed by atoms with E-state index in [1.165, 1.54) is 39.4 Å². The van der Waals surface area contributed by atoms with Crippen LogP contribution in [0.4, 0.5) is 16.2 Å². The van der Waals surface area contributed by atoms with Crippen LogP contribution in [-0.4, -0.2) is 54.3 Å². The summed E-state index contributed by atoms with van der Waals surface area (Å²) < 4.78 is 6.83. The quantitative estimate of drug-likeness (QED) is 0.259. The fraction of sp³-hybridized carbons (Fsp3) is 0.394. The van der Waals surface area contributed by atoms with Crippen molar-refractivity contribution in [3.05, 3.63) is 77.2 Å². The van der Waals surface area contributed by atoms with Gasteiger partial charge in [0, 0.05) is 48.9 Å². The first-order valence-corrected chi connectivity index (χ1v) is 15.1. The Morgan fingerprint density at radius 1 is 0.950 bits per heavy atom. The molecule has 2 aliphatic rings. The monoisotopic (exact) mass is 554 g/mol. The van der Waals surface area contributed by atoms with E-state index in [1.54, 1.807) is 4.90 Å². The summed E-state index contributed by atoms with van der Waals surface area (Å²) in [6.45, 7) is 11.9. The molecule has 6 rings (SSSR count). The second kappa shape index (κ2) is 10.8. The Bertz CT molecular complexity index is 1480. The van der Waals surface area contributed by atoms with Crippen LogP contribution in [0.15, 0.2) is 66.7 Å². The SMILES string of the molecule is Cc1cc2nc(-c3ccc(N4CCN(C(=O)OC(C)(C)C)CC4)cc3)cc(N3CCCC3c3ccccc3)c2s1. The van der Waals surface area contributed by atoms with Crippen LogP contribution in [0.25, 0.3) is 21.5 Å². The zero-order valence-corrected chi connectivity index (χ0v) is 24.7. The minimum absolute atomic E-state index is 0.226. The molecule has 0 spiro atoms. The van der Waals surface area contributed by atoms with Gasteiger partial charge in [0.1, 0.15) is 5.60 Å². The molecule has 0 aliphatic carbocycles. The third-order valence-electron chi connectivity index (χ3n) is 7.79. The zero-order chi connectivity index (χ0) is 27.9. The highest BCUT2D eigenvalue weighted by Crippen LogP contribution is 2.43. The van der Waals surface area contributed by atoms with Gasteiger partial charge in [-0.15, -0.1) is 11.3 Å². The van der Waals surface area contributed by atoms with Gasteiger partial charge in [-0.3, -0.25) is 0 Å². The molecule has 4 aromatic rings. The molecule has 2 fully saturated rings. The molecule has 0 radical (unpaired) electrons. The highest BCUT2D eigenvalue weighted by atomic mass is 32.1. The largest absolute Gasteiger partial charge is 0.444 e. The number of ether oxygens (including phenoxy) is 1. The number of amides is 1. The third-order valence-corrected chi connectivity index (χ3v) is 8.85. The van der Waals surface area contributed by atoms with E-state index in [4.69, 9.17) is 9.72 Å². The number of fused-ring (bicyclic) bond motifs is 1. The Morgan fingerprint density at radius 2 is 1.68 bits per heavy atom. The lowest BCUT2D eigenvalue weighted by molar-refractivity contribution is 0.0240. The van der Waals surface area contributed by atoms with Crippen molar-refractivity contribution in [2.45, 2.75) is 52.2 Å². The second-order valence-electron chi connectivity index (χ2n) is 11.9. The first-order valence-electron chi connectivity index (χ1n) is 14.3. The fourth-order valence-electron chi connectivity index (χ4n) is 5.88. The molecule has 0 N–H and O–H groups in total. The van der Waals surface area contributed by atoms with Crippen LogP contribution in [0, 0.1) is 6.92 Å². The molecular weight excluding hydrogens is 516 g/mol. The van der Waals surface area contributed by atoms with E-state index in [0.29, 0.717) is 19.1 Å². The Hall–Kier alpha value is -3.58. The van der Waals surface area contributed by atoms with Crippen LogP contribution < -0.4 is 9.80 Å². The molecule has 2 aromatic carbocycles. The average molecular weight is 555 g/mol. The summed E-state index contributed by atoms with van der Waals surface area (Å²) in [6.07, 6.45) is 2.14. The Balaban J connectivity index is 1.23. The lowest BCUT2D eigenvalue weighted by Crippen LogP contribution is -2.50. The van der Waals surface area contributed by atoms with Gasteiger partial charge in [-0.05, 0) is 70.4 Å². The summed E-state index contributed by atoms with van der Waals surface area (Å²) in [7, 11) is 0. The van der Waals surface area contributed by atoms with E-state index >= 15 is 0 Å². The molecule has 1 amide bonds. The van der Waals surface area contributed by atoms with Crippen molar-refractivity contribution in [2.75, 3.05) is 42.5 Å². The lowest BCUT2D eigenvalue weighted by Gasteiger charge is -2.36. The number of benzene rings is 2. The molecular formula is C33H38N4O2S. The zero-order valence-electron chi connectivity index (χ0n) is 23.9. The molecule has 7 heteroatoms. The number of hydrogen-bond donors (Lipinski definition) is 0. The van der Waals surface area contributed by atoms with Crippen molar-refractivity contribution in [2.24, 2.45) is 0 Å². The topological polar surface area (TPSA) is 48.9 Å². The predicted octanol–water partition coefficient (Wildman–Crippen LogP) is 7.67. The summed E-state index contributed by atoms with van der Waals surface area (Å²) in [5.41, 5.74) is 6.60. The van der Waals surface area contributed by atoms with Crippen molar-refractivity contribution in [1.82, 2.24) is 9.88 Å².